The molecule has 0 saturated heterocycles. The third-order valence-corrected chi connectivity index (χ3v) is 5.62. The predicted octanol–water partition coefficient (Wildman–Crippen LogP) is 4.44. The fraction of sp³-hybridized carbons (Fsp3) is 0.167. The molecule has 0 radical (unpaired) electrons. The Morgan fingerprint density at radius 2 is 1.96 bits per heavy atom. The Bertz CT molecular complexity index is 1000. The number of carbonyl (C=O) groups excluding carboxylic acids is 1. The van der Waals surface area contributed by atoms with Crippen LogP contribution in [0.5, 0.6) is 0 Å². The molecular formula is C18H14Cl2N4OS. The van der Waals surface area contributed by atoms with Crippen molar-refractivity contribution in [1.82, 2.24) is 14.9 Å². The van der Waals surface area contributed by atoms with Crippen LogP contribution in [0.3, 0.4) is 0 Å². The lowest BCUT2D eigenvalue weighted by Crippen LogP contribution is -2.45. The molecule has 2 heterocycles. The lowest BCUT2D eigenvalue weighted by atomic mass is 10.1. The summed E-state index contributed by atoms with van der Waals surface area (Å²) in [4.78, 5) is 13.2. The molecule has 1 aliphatic rings. The molecule has 8 heteroatoms. The Labute approximate surface area is 164 Å². The minimum atomic E-state index is -0.206. The third-order valence-electron chi connectivity index (χ3n) is 4.17. The van der Waals surface area contributed by atoms with E-state index in [1.807, 2.05) is 31.2 Å². The van der Waals surface area contributed by atoms with Crippen molar-refractivity contribution >= 4 is 40.9 Å². The van der Waals surface area contributed by atoms with Crippen LogP contribution in [0.4, 0.5) is 0 Å². The van der Waals surface area contributed by atoms with Crippen LogP contribution in [0.25, 0.3) is 11.4 Å². The molecule has 0 aliphatic carbocycles. The molecule has 0 spiro atoms. The van der Waals surface area contributed by atoms with Gasteiger partial charge < -0.3 is 0 Å². The zero-order valence-electron chi connectivity index (χ0n) is 13.8. The van der Waals surface area contributed by atoms with E-state index in [0.29, 0.717) is 33.1 Å². The molecular weight excluding hydrogens is 391 g/mol. The van der Waals surface area contributed by atoms with E-state index in [4.69, 9.17) is 23.2 Å². The highest BCUT2D eigenvalue weighted by Crippen LogP contribution is 2.31. The Morgan fingerprint density at radius 3 is 2.73 bits per heavy atom. The van der Waals surface area contributed by atoms with Gasteiger partial charge in [-0.15, -0.1) is 10.2 Å². The SMILES string of the molecule is Cc1ccccc1-c1nnc2n1N(C(=O)c1ccc(Cl)cc1Cl)CCS2. The van der Waals surface area contributed by atoms with Crippen LogP contribution < -0.4 is 5.01 Å². The minimum Gasteiger partial charge on any atom is -0.267 e. The highest BCUT2D eigenvalue weighted by molar-refractivity contribution is 7.99. The Kier molecular flexibility index (Phi) is 4.65. The minimum absolute atomic E-state index is 0.206. The van der Waals surface area contributed by atoms with Crippen LogP contribution in [0.2, 0.25) is 10.0 Å². The number of aryl methyl sites for hydroxylation is 1. The monoisotopic (exact) mass is 404 g/mol. The normalized spacial score (nSPS) is 13.6. The van der Waals surface area contributed by atoms with Crippen LogP contribution >= 0.6 is 35.0 Å². The molecule has 5 nitrogen and oxygen atoms in total. The maximum atomic E-state index is 13.2. The van der Waals surface area contributed by atoms with Crippen LogP contribution in [-0.4, -0.2) is 33.1 Å². The molecule has 0 unspecified atom stereocenters. The van der Waals surface area contributed by atoms with Crippen molar-refractivity contribution in [3.8, 4) is 11.4 Å². The summed E-state index contributed by atoms with van der Waals surface area (Å²) in [7, 11) is 0. The quantitative estimate of drug-likeness (QED) is 0.633. The van der Waals surface area contributed by atoms with Gasteiger partial charge in [-0.05, 0) is 30.7 Å². The van der Waals surface area contributed by atoms with E-state index in [-0.39, 0.29) is 5.91 Å². The van der Waals surface area contributed by atoms with E-state index in [0.717, 1.165) is 16.9 Å². The van der Waals surface area contributed by atoms with Crippen molar-refractivity contribution in [2.75, 3.05) is 17.3 Å². The Balaban J connectivity index is 1.81. The van der Waals surface area contributed by atoms with Gasteiger partial charge in [0.1, 0.15) is 0 Å². The first kappa shape index (κ1) is 17.4. The first-order valence-electron chi connectivity index (χ1n) is 7.97. The summed E-state index contributed by atoms with van der Waals surface area (Å²) in [6.07, 6.45) is 0. The van der Waals surface area contributed by atoms with Crippen molar-refractivity contribution in [2.24, 2.45) is 0 Å². The van der Waals surface area contributed by atoms with Gasteiger partial charge in [0, 0.05) is 16.3 Å². The van der Waals surface area contributed by atoms with Crippen LogP contribution in [0.15, 0.2) is 47.6 Å². The van der Waals surface area contributed by atoms with Crippen molar-refractivity contribution in [2.45, 2.75) is 12.1 Å². The number of aromatic nitrogens is 3. The van der Waals surface area contributed by atoms with E-state index in [2.05, 4.69) is 10.2 Å². The average Bonchev–Trinajstić information content (AvgIpc) is 3.05. The van der Waals surface area contributed by atoms with Crippen LogP contribution in [0.1, 0.15) is 15.9 Å². The molecule has 0 N–H and O–H groups in total. The van der Waals surface area contributed by atoms with Crippen molar-refractivity contribution in [3.05, 3.63) is 63.6 Å². The molecule has 1 aromatic heterocycles. The van der Waals surface area contributed by atoms with E-state index in [1.54, 1.807) is 39.6 Å². The highest BCUT2D eigenvalue weighted by atomic mass is 35.5. The van der Waals surface area contributed by atoms with Gasteiger partial charge in [0.25, 0.3) is 5.91 Å². The number of halogens is 2. The molecule has 26 heavy (non-hydrogen) atoms. The first-order valence-corrected chi connectivity index (χ1v) is 9.72. The van der Waals surface area contributed by atoms with Crippen LogP contribution in [-0.2, 0) is 0 Å². The van der Waals surface area contributed by atoms with E-state index in [9.17, 15) is 4.79 Å². The molecule has 1 aliphatic heterocycles. The number of amides is 1. The van der Waals surface area contributed by atoms with E-state index < -0.39 is 0 Å². The van der Waals surface area contributed by atoms with Crippen molar-refractivity contribution in [1.29, 1.82) is 0 Å². The summed E-state index contributed by atoms with van der Waals surface area (Å²) in [5, 5.41) is 11.7. The number of thioether (sulfide) groups is 1. The summed E-state index contributed by atoms with van der Waals surface area (Å²) in [5.74, 6) is 1.18. The van der Waals surface area contributed by atoms with Crippen LogP contribution in [0, 0.1) is 6.92 Å². The maximum Gasteiger partial charge on any atom is 0.274 e. The summed E-state index contributed by atoms with van der Waals surface area (Å²) >= 11 is 13.8. The first-order chi connectivity index (χ1) is 12.6. The molecule has 3 aromatic rings. The lowest BCUT2D eigenvalue weighted by Gasteiger charge is -2.29. The average molecular weight is 405 g/mol. The second-order valence-corrected chi connectivity index (χ2v) is 7.74. The summed E-state index contributed by atoms with van der Waals surface area (Å²) in [5.41, 5.74) is 2.40. The second-order valence-electron chi connectivity index (χ2n) is 5.83. The molecule has 132 valence electrons. The largest absolute Gasteiger partial charge is 0.274 e. The smallest absolute Gasteiger partial charge is 0.267 e. The van der Waals surface area contributed by atoms with Gasteiger partial charge >= 0.3 is 0 Å². The van der Waals surface area contributed by atoms with E-state index >= 15 is 0 Å². The van der Waals surface area contributed by atoms with Gasteiger partial charge in [-0.2, -0.15) is 0 Å². The lowest BCUT2D eigenvalue weighted by molar-refractivity contribution is 0.0957. The zero-order chi connectivity index (χ0) is 18.3. The topological polar surface area (TPSA) is 51.0 Å². The van der Waals surface area contributed by atoms with Gasteiger partial charge in [0.15, 0.2) is 5.82 Å². The Hall–Kier alpha value is -2.02. The predicted molar refractivity (Wildman–Crippen MR) is 105 cm³/mol. The molecule has 0 atom stereocenters. The highest BCUT2D eigenvalue weighted by Gasteiger charge is 2.30. The number of hydrogen-bond donors (Lipinski definition) is 0. The third kappa shape index (κ3) is 2.98. The van der Waals surface area contributed by atoms with Crippen molar-refractivity contribution in [3.63, 3.8) is 0 Å². The zero-order valence-corrected chi connectivity index (χ0v) is 16.1. The number of benzene rings is 2. The van der Waals surface area contributed by atoms with Gasteiger partial charge in [-0.1, -0.05) is 59.2 Å². The van der Waals surface area contributed by atoms with Gasteiger partial charge in [0.05, 0.1) is 17.1 Å². The van der Waals surface area contributed by atoms with Gasteiger partial charge in [-0.25, -0.2) is 9.69 Å². The van der Waals surface area contributed by atoms with Gasteiger partial charge in [-0.3, -0.25) is 4.79 Å². The number of rotatable bonds is 2. The summed E-state index contributed by atoms with van der Waals surface area (Å²) in [6.45, 7) is 2.54. The number of carbonyl (C=O) groups is 1. The molecule has 1 amide bonds. The Morgan fingerprint density at radius 1 is 1.15 bits per heavy atom. The fourth-order valence-electron chi connectivity index (χ4n) is 2.88. The molecule has 0 bridgehead atoms. The summed E-state index contributed by atoms with van der Waals surface area (Å²) < 4.78 is 1.78. The number of hydrogen-bond acceptors (Lipinski definition) is 4. The van der Waals surface area contributed by atoms with E-state index in [1.165, 1.54) is 0 Å². The number of fused-ring (bicyclic) bond motifs is 1. The number of nitrogens with zero attached hydrogens (tertiary/aromatic N) is 4. The molecule has 4 rings (SSSR count). The maximum absolute atomic E-state index is 13.2. The summed E-state index contributed by atoms with van der Waals surface area (Å²) in [6, 6.07) is 12.8. The van der Waals surface area contributed by atoms with Gasteiger partial charge in [0.2, 0.25) is 5.16 Å². The fourth-order valence-corrected chi connectivity index (χ4v) is 4.22. The second kappa shape index (κ2) is 6.95. The standard InChI is InChI=1S/C18H14Cl2N4OS/c1-11-4-2-3-5-13(11)16-21-22-18-24(16)23(8-9-26-18)17(25)14-7-6-12(19)10-15(14)20/h2-7,10H,8-9H2,1H3. The molecule has 0 saturated carbocycles. The van der Waals surface area contributed by atoms with Crippen molar-refractivity contribution < 1.29 is 4.79 Å². The molecule has 0 fully saturated rings. The molecule has 2 aromatic carbocycles.